The average molecular weight is 233 g/mol. The SMILES string of the molecule is O=C1CCC(=O)N1CCSCC(O)CO. The lowest BCUT2D eigenvalue weighted by molar-refractivity contribution is -0.137. The minimum atomic E-state index is -0.722. The van der Waals surface area contributed by atoms with E-state index in [9.17, 15) is 9.59 Å². The van der Waals surface area contributed by atoms with Crippen molar-refractivity contribution in [3.05, 3.63) is 0 Å². The number of carbonyl (C=O) groups excluding carboxylic acids is 2. The second kappa shape index (κ2) is 6.09. The summed E-state index contributed by atoms with van der Waals surface area (Å²) in [4.78, 5) is 23.6. The van der Waals surface area contributed by atoms with Crippen molar-refractivity contribution in [1.29, 1.82) is 0 Å². The van der Waals surface area contributed by atoms with Crippen molar-refractivity contribution in [2.45, 2.75) is 18.9 Å². The molecule has 0 aromatic rings. The molecule has 2 amide bonds. The Morgan fingerprint density at radius 2 is 1.93 bits per heavy atom. The quantitative estimate of drug-likeness (QED) is 0.465. The molecule has 0 aliphatic carbocycles. The van der Waals surface area contributed by atoms with Gasteiger partial charge in [-0.05, 0) is 0 Å². The molecule has 15 heavy (non-hydrogen) atoms. The summed E-state index contributed by atoms with van der Waals surface area (Å²) in [5.74, 6) is 0.813. The first-order valence-corrected chi connectivity index (χ1v) is 6.00. The summed E-state index contributed by atoms with van der Waals surface area (Å²) in [6, 6.07) is 0. The van der Waals surface area contributed by atoms with E-state index < -0.39 is 6.10 Å². The summed E-state index contributed by atoms with van der Waals surface area (Å²) in [5.41, 5.74) is 0. The van der Waals surface area contributed by atoms with Crippen LogP contribution in [0.3, 0.4) is 0 Å². The summed E-state index contributed by atoms with van der Waals surface area (Å²) >= 11 is 1.42. The van der Waals surface area contributed by atoms with E-state index in [1.54, 1.807) is 0 Å². The molecule has 1 atom stereocenters. The van der Waals surface area contributed by atoms with E-state index in [0.29, 0.717) is 30.9 Å². The highest BCUT2D eigenvalue weighted by Gasteiger charge is 2.27. The normalized spacial score (nSPS) is 18.7. The Kier molecular flexibility index (Phi) is 5.07. The van der Waals surface area contributed by atoms with Crippen LogP contribution >= 0.6 is 11.8 Å². The number of aliphatic hydroxyl groups excluding tert-OH is 2. The third-order valence-electron chi connectivity index (χ3n) is 2.14. The Morgan fingerprint density at radius 3 is 2.47 bits per heavy atom. The van der Waals surface area contributed by atoms with Crippen LogP contribution < -0.4 is 0 Å². The van der Waals surface area contributed by atoms with Crippen LogP contribution in [0.2, 0.25) is 0 Å². The van der Waals surface area contributed by atoms with Gasteiger partial charge in [0.15, 0.2) is 0 Å². The summed E-state index contributed by atoms with van der Waals surface area (Å²) in [6.45, 7) is 0.148. The number of hydrogen-bond acceptors (Lipinski definition) is 5. The van der Waals surface area contributed by atoms with Crippen LogP contribution in [0.15, 0.2) is 0 Å². The molecule has 0 aromatic carbocycles. The van der Waals surface area contributed by atoms with E-state index in [4.69, 9.17) is 10.2 Å². The fraction of sp³-hybridized carbons (Fsp3) is 0.778. The molecule has 0 aromatic heterocycles. The molecule has 1 aliphatic rings. The standard InChI is InChI=1S/C9H15NO4S/c11-5-7(12)6-15-4-3-10-8(13)1-2-9(10)14/h7,11-12H,1-6H2. The second-order valence-corrected chi connectivity index (χ2v) is 4.50. The van der Waals surface area contributed by atoms with Gasteiger partial charge in [-0.1, -0.05) is 0 Å². The summed E-state index contributed by atoms with van der Waals surface area (Å²) in [7, 11) is 0. The Balaban J connectivity index is 2.14. The van der Waals surface area contributed by atoms with E-state index in [1.807, 2.05) is 0 Å². The van der Waals surface area contributed by atoms with E-state index in [2.05, 4.69) is 0 Å². The second-order valence-electron chi connectivity index (χ2n) is 3.35. The minimum Gasteiger partial charge on any atom is -0.394 e. The molecule has 6 heteroatoms. The van der Waals surface area contributed by atoms with Crippen molar-refractivity contribution in [3.8, 4) is 0 Å². The van der Waals surface area contributed by atoms with Crippen molar-refractivity contribution in [3.63, 3.8) is 0 Å². The fourth-order valence-electron chi connectivity index (χ4n) is 1.30. The molecule has 1 unspecified atom stereocenters. The van der Waals surface area contributed by atoms with Gasteiger partial charge in [-0.2, -0.15) is 11.8 Å². The molecule has 86 valence electrons. The first kappa shape index (κ1) is 12.5. The van der Waals surface area contributed by atoms with Crippen molar-refractivity contribution in [2.75, 3.05) is 24.7 Å². The van der Waals surface area contributed by atoms with E-state index >= 15 is 0 Å². The van der Waals surface area contributed by atoms with Crippen LogP contribution in [0.5, 0.6) is 0 Å². The van der Waals surface area contributed by atoms with Crippen LogP contribution in [-0.4, -0.2) is 57.7 Å². The highest BCUT2D eigenvalue weighted by atomic mass is 32.2. The number of hydrogen-bond donors (Lipinski definition) is 2. The number of carbonyl (C=O) groups is 2. The number of imide groups is 1. The monoisotopic (exact) mass is 233 g/mol. The number of aliphatic hydroxyl groups is 2. The zero-order valence-electron chi connectivity index (χ0n) is 8.39. The third kappa shape index (κ3) is 3.81. The number of nitrogens with zero attached hydrogens (tertiary/aromatic N) is 1. The number of likely N-dealkylation sites (tertiary alicyclic amines) is 1. The van der Waals surface area contributed by atoms with Crippen molar-refractivity contribution >= 4 is 23.6 Å². The predicted octanol–water partition coefficient (Wildman–Crippen LogP) is -0.778. The maximum atomic E-state index is 11.2. The molecule has 0 bridgehead atoms. The molecule has 5 nitrogen and oxygen atoms in total. The zero-order chi connectivity index (χ0) is 11.3. The molecular formula is C9H15NO4S. The molecular weight excluding hydrogens is 218 g/mol. The summed E-state index contributed by atoms with van der Waals surface area (Å²) in [6.07, 6.45) is -0.0779. The molecule has 0 radical (unpaired) electrons. The maximum absolute atomic E-state index is 11.2. The van der Waals surface area contributed by atoms with Gasteiger partial charge < -0.3 is 10.2 Å². The van der Waals surface area contributed by atoms with E-state index in [0.717, 1.165) is 0 Å². The van der Waals surface area contributed by atoms with Gasteiger partial charge >= 0.3 is 0 Å². The van der Waals surface area contributed by atoms with Crippen molar-refractivity contribution in [1.82, 2.24) is 4.90 Å². The van der Waals surface area contributed by atoms with Gasteiger partial charge in [-0.15, -0.1) is 0 Å². The topological polar surface area (TPSA) is 77.8 Å². The molecule has 1 rings (SSSR count). The molecule has 2 N–H and O–H groups in total. The predicted molar refractivity (Wildman–Crippen MR) is 56.4 cm³/mol. The van der Waals surface area contributed by atoms with Crippen LogP contribution in [-0.2, 0) is 9.59 Å². The molecule has 1 saturated heterocycles. The van der Waals surface area contributed by atoms with Gasteiger partial charge in [0.05, 0.1) is 12.7 Å². The Labute approximate surface area is 92.4 Å². The smallest absolute Gasteiger partial charge is 0.229 e. The van der Waals surface area contributed by atoms with Gasteiger partial charge in [0.25, 0.3) is 0 Å². The maximum Gasteiger partial charge on any atom is 0.229 e. The Morgan fingerprint density at radius 1 is 1.33 bits per heavy atom. The lowest BCUT2D eigenvalue weighted by atomic mass is 10.4. The summed E-state index contributed by atoms with van der Waals surface area (Å²) in [5, 5.41) is 17.6. The lowest BCUT2D eigenvalue weighted by Gasteiger charge is -2.13. The lowest BCUT2D eigenvalue weighted by Crippen LogP contribution is -2.31. The van der Waals surface area contributed by atoms with Crippen LogP contribution in [0.25, 0.3) is 0 Å². The molecule has 1 fully saturated rings. The average Bonchev–Trinajstić information content (AvgIpc) is 2.54. The van der Waals surface area contributed by atoms with Gasteiger partial charge in [-0.25, -0.2) is 0 Å². The minimum absolute atomic E-state index is 0.108. The molecule has 0 saturated carbocycles. The van der Waals surface area contributed by atoms with Crippen molar-refractivity contribution in [2.24, 2.45) is 0 Å². The fourth-order valence-corrected chi connectivity index (χ4v) is 2.16. The number of rotatable bonds is 6. The first-order chi connectivity index (χ1) is 7.15. The first-order valence-electron chi connectivity index (χ1n) is 4.85. The largest absolute Gasteiger partial charge is 0.394 e. The number of amides is 2. The van der Waals surface area contributed by atoms with Gasteiger partial charge in [0.1, 0.15) is 0 Å². The molecule has 1 aliphatic heterocycles. The Hall–Kier alpha value is -0.590. The van der Waals surface area contributed by atoms with Crippen LogP contribution in [0.4, 0.5) is 0 Å². The van der Waals surface area contributed by atoms with Gasteiger partial charge in [0, 0.05) is 30.9 Å². The number of thioether (sulfide) groups is 1. The van der Waals surface area contributed by atoms with Crippen LogP contribution in [0.1, 0.15) is 12.8 Å². The zero-order valence-corrected chi connectivity index (χ0v) is 9.20. The summed E-state index contributed by atoms with van der Waals surface area (Å²) < 4.78 is 0. The highest BCUT2D eigenvalue weighted by molar-refractivity contribution is 7.99. The Bertz CT molecular complexity index is 230. The third-order valence-corrected chi connectivity index (χ3v) is 3.23. The van der Waals surface area contributed by atoms with Crippen molar-refractivity contribution < 1.29 is 19.8 Å². The van der Waals surface area contributed by atoms with E-state index in [-0.39, 0.29) is 18.4 Å². The van der Waals surface area contributed by atoms with E-state index in [1.165, 1.54) is 16.7 Å². The van der Waals surface area contributed by atoms with Crippen LogP contribution in [0, 0.1) is 0 Å². The van der Waals surface area contributed by atoms with Gasteiger partial charge in [0.2, 0.25) is 11.8 Å². The highest BCUT2D eigenvalue weighted by Crippen LogP contribution is 2.13. The van der Waals surface area contributed by atoms with Gasteiger partial charge in [-0.3, -0.25) is 14.5 Å². The molecule has 1 heterocycles. The molecule has 0 spiro atoms.